The van der Waals surface area contributed by atoms with Crippen LogP contribution in [0.25, 0.3) is 11.3 Å². The maximum Gasteiger partial charge on any atom is 0.273 e. The van der Waals surface area contributed by atoms with Crippen LogP contribution in [-0.4, -0.2) is 32.1 Å². The molecule has 1 saturated carbocycles. The average Bonchev–Trinajstić information content (AvgIpc) is 3.27. The van der Waals surface area contributed by atoms with Crippen LogP contribution in [0.2, 0.25) is 0 Å². The van der Waals surface area contributed by atoms with Crippen LogP contribution in [0.4, 0.5) is 0 Å². The van der Waals surface area contributed by atoms with Gasteiger partial charge in [0.25, 0.3) is 5.91 Å². The van der Waals surface area contributed by atoms with Crippen LogP contribution in [0.3, 0.4) is 0 Å². The minimum Gasteiger partial charge on any atom is -0.355 e. The Morgan fingerprint density at radius 3 is 2.84 bits per heavy atom. The van der Waals surface area contributed by atoms with Crippen molar-refractivity contribution in [3.63, 3.8) is 0 Å². The Morgan fingerprint density at radius 1 is 1.32 bits per heavy atom. The zero-order valence-corrected chi connectivity index (χ0v) is 13.9. The van der Waals surface area contributed by atoms with Crippen molar-refractivity contribution in [3.05, 3.63) is 54.0 Å². The molecule has 0 radical (unpaired) electrons. The second-order valence-corrected chi connectivity index (χ2v) is 6.25. The quantitative estimate of drug-likeness (QED) is 0.773. The third kappa shape index (κ3) is 3.17. The number of aromatic nitrogens is 4. The molecule has 7 nitrogen and oxygen atoms in total. The van der Waals surface area contributed by atoms with Crippen molar-refractivity contribution in [2.75, 3.05) is 0 Å². The molecule has 3 aromatic rings. The Kier molecular flexibility index (Phi) is 4.05. The van der Waals surface area contributed by atoms with Gasteiger partial charge in [-0.25, -0.2) is 0 Å². The van der Waals surface area contributed by atoms with Crippen molar-refractivity contribution >= 4 is 5.91 Å². The van der Waals surface area contributed by atoms with Gasteiger partial charge >= 0.3 is 0 Å². The SMILES string of the molecule is CCc1cnn([C@H]2C[C@@H](NC(=O)c3cc(-c4ccccc4)on3)C2)n1. The summed E-state index contributed by atoms with van der Waals surface area (Å²) in [4.78, 5) is 14.1. The number of carbonyl (C=O) groups excluding carboxylic acids is 1. The Morgan fingerprint density at radius 2 is 2.12 bits per heavy atom. The summed E-state index contributed by atoms with van der Waals surface area (Å²) in [5.41, 5.74) is 2.19. The summed E-state index contributed by atoms with van der Waals surface area (Å²) in [6, 6.07) is 11.6. The summed E-state index contributed by atoms with van der Waals surface area (Å²) in [5.74, 6) is 0.377. The normalized spacial score (nSPS) is 19.4. The van der Waals surface area contributed by atoms with Crippen LogP contribution in [0, 0.1) is 0 Å². The molecule has 1 aromatic carbocycles. The lowest BCUT2D eigenvalue weighted by molar-refractivity contribution is 0.0872. The highest BCUT2D eigenvalue weighted by atomic mass is 16.5. The molecule has 4 rings (SSSR count). The smallest absolute Gasteiger partial charge is 0.273 e. The summed E-state index contributed by atoms with van der Waals surface area (Å²) < 4.78 is 5.28. The fraction of sp³-hybridized carbons (Fsp3) is 0.333. The molecule has 0 spiro atoms. The largest absolute Gasteiger partial charge is 0.355 e. The number of nitrogens with zero attached hydrogens (tertiary/aromatic N) is 4. The molecule has 2 heterocycles. The van der Waals surface area contributed by atoms with E-state index in [0.29, 0.717) is 11.5 Å². The van der Waals surface area contributed by atoms with Crippen molar-refractivity contribution in [2.45, 2.75) is 38.3 Å². The monoisotopic (exact) mass is 337 g/mol. The minimum atomic E-state index is -0.211. The maximum absolute atomic E-state index is 12.3. The number of aryl methyl sites for hydroxylation is 1. The van der Waals surface area contributed by atoms with Gasteiger partial charge in [0.15, 0.2) is 11.5 Å². The van der Waals surface area contributed by atoms with E-state index in [1.165, 1.54) is 0 Å². The van der Waals surface area contributed by atoms with Crippen LogP contribution >= 0.6 is 0 Å². The lowest BCUT2D eigenvalue weighted by Gasteiger charge is -2.34. The van der Waals surface area contributed by atoms with Crippen molar-refractivity contribution in [3.8, 4) is 11.3 Å². The average molecular weight is 337 g/mol. The molecule has 1 aliphatic carbocycles. The van der Waals surface area contributed by atoms with Gasteiger partial charge in [-0.1, -0.05) is 42.4 Å². The number of carbonyl (C=O) groups is 1. The highest BCUT2D eigenvalue weighted by molar-refractivity contribution is 5.93. The van der Waals surface area contributed by atoms with Gasteiger partial charge < -0.3 is 9.84 Å². The number of rotatable bonds is 5. The fourth-order valence-electron chi connectivity index (χ4n) is 2.92. The minimum absolute atomic E-state index is 0.116. The summed E-state index contributed by atoms with van der Waals surface area (Å²) >= 11 is 0. The van der Waals surface area contributed by atoms with Gasteiger partial charge in [-0.3, -0.25) is 4.79 Å². The molecule has 1 amide bonds. The Bertz CT molecular complexity index is 864. The van der Waals surface area contributed by atoms with Crippen molar-refractivity contribution in [1.29, 1.82) is 0 Å². The number of benzene rings is 1. The third-order valence-electron chi connectivity index (χ3n) is 4.49. The zero-order valence-electron chi connectivity index (χ0n) is 13.9. The topological polar surface area (TPSA) is 85.8 Å². The van der Waals surface area contributed by atoms with Crippen LogP contribution in [-0.2, 0) is 6.42 Å². The molecule has 25 heavy (non-hydrogen) atoms. The molecule has 1 aliphatic rings. The van der Waals surface area contributed by atoms with E-state index >= 15 is 0 Å². The molecular weight excluding hydrogens is 318 g/mol. The summed E-state index contributed by atoms with van der Waals surface area (Å²) in [5, 5.41) is 15.6. The first kappa shape index (κ1) is 15.6. The lowest BCUT2D eigenvalue weighted by Crippen LogP contribution is -2.45. The Hall–Kier alpha value is -2.96. The second-order valence-electron chi connectivity index (χ2n) is 6.25. The molecule has 0 atom stereocenters. The van der Waals surface area contributed by atoms with E-state index in [2.05, 4.69) is 27.6 Å². The number of hydrogen-bond donors (Lipinski definition) is 1. The van der Waals surface area contributed by atoms with Gasteiger partial charge in [-0.15, -0.1) is 0 Å². The summed E-state index contributed by atoms with van der Waals surface area (Å²) in [7, 11) is 0. The highest BCUT2D eigenvalue weighted by Gasteiger charge is 2.33. The predicted octanol–water partition coefficient (Wildman–Crippen LogP) is 2.63. The second kappa shape index (κ2) is 6.51. The van der Waals surface area contributed by atoms with Crippen LogP contribution in [0.1, 0.15) is 42.0 Å². The van der Waals surface area contributed by atoms with Crippen LogP contribution < -0.4 is 5.32 Å². The molecule has 7 heteroatoms. The highest BCUT2D eigenvalue weighted by Crippen LogP contribution is 2.31. The summed E-state index contributed by atoms with van der Waals surface area (Å²) in [6.07, 6.45) is 4.33. The van der Waals surface area contributed by atoms with Crippen LogP contribution in [0.5, 0.6) is 0 Å². The van der Waals surface area contributed by atoms with Gasteiger partial charge in [-0.05, 0) is 19.3 Å². The van der Waals surface area contributed by atoms with Crippen LogP contribution in [0.15, 0.2) is 47.1 Å². The molecule has 1 N–H and O–H groups in total. The van der Waals surface area contributed by atoms with Gasteiger partial charge in [0.1, 0.15) is 0 Å². The number of hydrogen-bond acceptors (Lipinski definition) is 5. The molecule has 1 fully saturated rings. The van der Waals surface area contributed by atoms with Gasteiger partial charge in [0.2, 0.25) is 0 Å². The number of amides is 1. The van der Waals surface area contributed by atoms with E-state index in [-0.39, 0.29) is 18.0 Å². The predicted molar refractivity (Wildman–Crippen MR) is 90.9 cm³/mol. The molecule has 0 saturated heterocycles. The van der Waals surface area contributed by atoms with Gasteiger partial charge in [0, 0.05) is 17.7 Å². The van der Waals surface area contributed by atoms with Crippen molar-refractivity contribution in [1.82, 2.24) is 25.5 Å². The van der Waals surface area contributed by atoms with Gasteiger partial charge in [-0.2, -0.15) is 15.0 Å². The first-order valence-corrected chi connectivity index (χ1v) is 8.46. The number of nitrogens with one attached hydrogen (secondary N) is 1. The first-order chi connectivity index (χ1) is 12.2. The standard InChI is InChI=1S/C18H19N5O2/c1-2-13-11-19-23(21-13)15-8-14(9-15)20-18(24)16-10-17(25-22-16)12-6-4-3-5-7-12/h3-7,10-11,14-15H,2,8-9H2,1H3,(H,20,24)/t14-,15+. The lowest BCUT2D eigenvalue weighted by atomic mass is 9.87. The third-order valence-corrected chi connectivity index (χ3v) is 4.49. The zero-order chi connectivity index (χ0) is 17.2. The molecule has 0 aliphatic heterocycles. The molecular formula is C18H19N5O2. The van der Waals surface area contributed by atoms with E-state index in [1.54, 1.807) is 17.1 Å². The maximum atomic E-state index is 12.3. The first-order valence-electron chi connectivity index (χ1n) is 8.46. The Balaban J connectivity index is 1.34. The Labute approximate surface area is 145 Å². The van der Waals surface area contributed by atoms with E-state index in [4.69, 9.17) is 4.52 Å². The van der Waals surface area contributed by atoms with Gasteiger partial charge in [0.05, 0.1) is 17.9 Å². The summed E-state index contributed by atoms with van der Waals surface area (Å²) in [6.45, 7) is 2.06. The van der Waals surface area contributed by atoms with Crippen molar-refractivity contribution in [2.24, 2.45) is 0 Å². The molecule has 128 valence electrons. The van der Waals surface area contributed by atoms with E-state index in [9.17, 15) is 4.79 Å². The molecule has 0 unspecified atom stereocenters. The van der Waals surface area contributed by atoms with Crippen molar-refractivity contribution < 1.29 is 9.32 Å². The van der Waals surface area contributed by atoms with E-state index in [0.717, 1.165) is 30.5 Å². The fourth-order valence-corrected chi connectivity index (χ4v) is 2.92. The van der Waals surface area contributed by atoms with E-state index < -0.39 is 0 Å². The molecule has 2 aromatic heterocycles. The van der Waals surface area contributed by atoms with E-state index in [1.807, 2.05) is 30.3 Å². The molecule has 0 bridgehead atoms.